The maximum Gasteiger partial charge on any atom is 0.236 e. The molecule has 1 saturated heterocycles. The second-order valence-corrected chi connectivity index (χ2v) is 6.87. The van der Waals surface area contributed by atoms with Crippen molar-refractivity contribution in [2.45, 2.75) is 32.5 Å². The molecule has 6 heteroatoms. The Labute approximate surface area is 143 Å². The Bertz CT molecular complexity index is 542. The first-order valence-corrected chi connectivity index (χ1v) is 8.38. The minimum atomic E-state index is -0.835. The summed E-state index contributed by atoms with van der Waals surface area (Å²) in [5.74, 6) is -0.260. The first kappa shape index (κ1) is 18.8. The van der Waals surface area contributed by atoms with Crippen molar-refractivity contribution in [3.05, 3.63) is 35.6 Å². The van der Waals surface area contributed by atoms with Gasteiger partial charge in [0, 0.05) is 13.1 Å². The number of rotatable bonds is 6. The molecule has 0 radical (unpaired) electrons. The highest BCUT2D eigenvalue weighted by Crippen LogP contribution is 2.22. The maximum atomic E-state index is 13.0. The van der Waals surface area contributed by atoms with Crippen molar-refractivity contribution in [1.29, 1.82) is 0 Å². The zero-order chi connectivity index (χ0) is 17.7. The van der Waals surface area contributed by atoms with E-state index in [1.54, 1.807) is 30.9 Å². The first-order valence-electron chi connectivity index (χ1n) is 8.38. The topological polar surface area (TPSA) is 53.0 Å². The molecule has 1 fully saturated rings. The van der Waals surface area contributed by atoms with Gasteiger partial charge in [0.25, 0.3) is 0 Å². The number of nitrogens with zero attached hydrogens (tertiary/aromatic N) is 2. The second-order valence-electron chi connectivity index (χ2n) is 6.87. The fraction of sp³-hybridized carbons (Fsp3) is 0.611. The molecule has 1 amide bonds. The minimum Gasteiger partial charge on any atom is -0.389 e. The van der Waals surface area contributed by atoms with E-state index in [1.807, 2.05) is 11.8 Å². The number of halogens is 1. The number of amides is 1. The van der Waals surface area contributed by atoms with Crippen LogP contribution in [0.5, 0.6) is 0 Å². The monoisotopic (exact) mass is 338 g/mol. The van der Waals surface area contributed by atoms with Gasteiger partial charge in [-0.15, -0.1) is 0 Å². The van der Waals surface area contributed by atoms with Gasteiger partial charge in [-0.05, 0) is 38.1 Å². The van der Waals surface area contributed by atoms with Crippen LogP contribution in [0.4, 0.5) is 4.39 Å². The highest BCUT2D eigenvalue weighted by atomic mass is 19.1. The van der Waals surface area contributed by atoms with E-state index in [9.17, 15) is 14.3 Å². The largest absolute Gasteiger partial charge is 0.389 e. The number of morpholine rings is 1. The highest BCUT2D eigenvalue weighted by Gasteiger charge is 2.27. The van der Waals surface area contributed by atoms with Crippen LogP contribution in [0.1, 0.15) is 32.4 Å². The highest BCUT2D eigenvalue weighted by molar-refractivity contribution is 5.78. The van der Waals surface area contributed by atoms with Crippen LogP contribution < -0.4 is 0 Å². The van der Waals surface area contributed by atoms with Crippen LogP contribution in [0.15, 0.2) is 24.3 Å². The summed E-state index contributed by atoms with van der Waals surface area (Å²) in [6.45, 7) is 8.34. The predicted octanol–water partition coefficient (Wildman–Crippen LogP) is 1.82. The molecular weight excluding hydrogens is 311 g/mol. The van der Waals surface area contributed by atoms with Crippen LogP contribution in [0.3, 0.4) is 0 Å². The third-order valence-corrected chi connectivity index (χ3v) is 4.08. The maximum absolute atomic E-state index is 13.0. The molecule has 1 atom stereocenters. The van der Waals surface area contributed by atoms with E-state index in [0.717, 1.165) is 5.56 Å². The summed E-state index contributed by atoms with van der Waals surface area (Å²) in [7, 11) is 0. The van der Waals surface area contributed by atoms with E-state index in [-0.39, 0.29) is 24.4 Å². The zero-order valence-corrected chi connectivity index (χ0v) is 14.7. The van der Waals surface area contributed by atoms with Crippen LogP contribution in [0.25, 0.3) is 0 Å². The molecule has 0 aromatic heterocycles. The van der Waals surface area contributed by atoms with Crippen molar-refractivity contribution >= 4 is 5.91 Å². The van der Waals surface area contributed by atoms with E-state index in [2.05, 4.69) is 0 Å². The quantitative estimate of drug-likeness (QED) is 0.860. The number of benzene rings is 1. The standard InChI is InChI=1S/C18H27FN2O3/c1-4-20(13-18(2,3)23)12-17(22)21-9-10-24-16(11-21)14-5-7-15(19)8-6-14/h5-8,16,23H,4,9-13H2,1-3H3. The zero-order valence-electron chi connectivity index (χ0n) is 14.7. The summed E-state index contributed by atoms with van der Waals surface area (Å²) in [5.41, 5.74) is 0.0375. The molecule has 5 nitrogen and oxygen atoms in total. The molecule has 134 valence electrons. The Morgan fingerprint density at radius 1 is 1.42 bits per heavy atom. The van der Waals surface area contributed by atoms with Gasteiger partial charge in [-0.3, -0.25) is 9.69 Å². The SMILES string of the molecule is CCN(CC(=O)N1CCOC(c2ccc(F)cc2)C1)CC(C)(C)O. The molecular formula is C18H27FN2O3. The number of carbonyl (C=O) groups is 1. The van der Waals surface area contributed by atoms with Gasteiger partial charge in [0.1, 0.15) is 11.9 Å². The summed E-state index contributed by atoms with van der Waals surface area (Å²) in [6, 6.07) is 6.20. The predicted molar refractivity (Wildman–Crippen MR) is 90.1 cm³/mol. The lowest BCUT2D eigenvalue weighted by Gasteiger charge is -2.35. The number of likely N-dealkylation sites (N-methyl/N-ethyl adjacent to an activating group) is 1. The Hall–Kier alpha value is -1.50. The molecule has 0 saturated carbocycles. The van der Waals surface area contributed by atoms with Crippen LogP contribution in [-0.2, 0) is 9.53 Å². The fourth-order valence-electron chi connectivity index (χ4n) is 2.87. The third kappa shape index (κ3) is 5.54. The average molecular weight is 338 g/mol. The lowest BCUT2D eigenvalue weighted by molar-refractivity contribution is -0.140. The van der Waals surface area contributed by atoms with E-state index in [0.29, 0.717) is 32.8 Å². The molecule has 1 unspecified atom stereocenters. The Kier molecular flexibility index (Phi) is 6.32. The fourth-order valence-corrected chi connectivity index (χ4v) is 2.87. The number of carbonyl (C=O) groups excluding carboxylic acids is 1. The summed E-state index contributed by atoms with van der Waals surface area (Å²) in [4.78, 5) is 16.3. The number of hydrogen-bond donors (Lipinski definition) is 1. The number of ether oxygens (including phenoxy) is 1. The van der Waals surface area contributed by atoms with Crippen molar-refractivity contribution in [2.24, 2.45) is 0 Å². The van der Waals surface area contributed by atoms with E-state index in [1.165, 1.54) is 12.1 Å². The lowest BCUT2D eigenvalue weighted by atomic mass is 10.1. The van der Waals surface area contributed by atoms with Crippen LogP contribution >= 0.6 is 0 Å². The van der Waals surface area contributed by atoms with Crippen molar-refractivity contribution in [1.82, 2.24) is 9.80 Å². The molecule has 1 heterocycles. The van der Waals surface area contributed by atoms with Crippen molar-refractivity contribution in [3.8, 4) is 0 Å². The molecule has 0 spiro atoms. The van der Waals surface area contributed by atoms with E-state index in [4.69, 9.17) is 4.74 Å². The molecule has 0 bridgehead atoms. The minimum absolute atomic E-state index is 0.0245. The van der Waals surface area contributed by atoms with Crippen LogP contribution in [0.2, 0.25) is 0 Å². The summed E-state index contributed by atoms with van der Waals surface area (Å²) in [6.07, 6.45) is -0.229. The summed E-state index contributed by atoms with van der Waals surface area (Å²) >= 11 is 0. The molecule has 1 aliphatic heterocycles. The lowest BCUT2D eigenvalue weighted by Crippen LogP contribution is -2.48. The second kappa shape index (κ2) is 8.05. The van der Waals surface area contributed by atoms with Gasteiger partial charge in [-0.2, -0.15) is 0 Å². The smallest absolute Gasteiger partial charge is 0.236 e. The Morgan fingerprint density at radius 3 is 2.67 bits per heavy atom. The van der Waals surface area contributed by atoms with Gasteiger partial charge in [0.2, 0.25) is 5.91 Å². The molecule has 0 aliphatic carbocycles. The molecule has 1 aliphatic rings. The normalized spacial score (nSPS) is 18.9. The third-order valence-electron chi connectivity index (χ3n) is 4.08. The molecule has 1 aromatic rings. The van der Waals surface area contributed by atoms with Gasteiger partial charge < -0.3 is 14.7 Å². The van der Waals surface area contributed by atoms with Gasteiger partial charge in [-0.25, -0.2) is 4.39 Å². The summed E-state index contributed by atoms with van der Waals surface area (Å²) < 4.78 is 18.8. The summed E-state index contributed by atoms with van der Waals surface area (Å²) in [5, 5.41) is 9.94. The average Bonchev–Trinajstić information content (AvgIpc) is 2.53. The Balaban J connectivity index is 1.95. The van der Waals surface area contributed by atoms with Crippen molar-refractivity contribution in [2.75, 3.05) is 39.3 Å². The number of hydrogen-bond acceptors (Lipinski definition) is 4. The van der Waals surface area contributed by atoms with Crippen molar-refractivity contribution < 1.29 is 19.0 Å². The van der Waals surface area contributed by atoms with Gasteiger partial charge in [0.15, 0.2) is 0 Å². The van der Waals surface area contributed by atoms with Crippen LogP contribution in [-0.4, -0.2) is 65.7 Å². The van der Waals surface area contributed by atoms with Gasteiger partial charge in [0.05, 0.1) is 25.3 Å². The molecule has 24 heavy (non-hydrogen) atoms. The molecule has 1 aromatic carbocycles. The Morgan fingerprint density at radius 2 is 2.08 bits per heavy atom. The van der Waals surface area contributed by atoms with Crippen molar-refractivity contribution in [3.63, 3.8) is 0 Å². The van der Waals surface area contributed by atoms with Gasteiger partial charge >= 0.3 is 0 Å². The molecule has 2 rings (SSSR count). The van der Waals surface area contributed by atoms with Gasteiger partial charge in [-0.1, -0.05) is 19.1 Å². The van der Waals surface area contributed by atoms with E-state index >= 15 is 0 Å². The van der Waals surface area contributed by atoms with E-state index < -0.39 is 5.60 Å². The molecule has 1 N–H and O–H groups in total. The first-order chi connectivity index (χ1) is 11.3. The number of aliphatic hydroxyl groups is 1. The van der Waals surface area contributed by atoms with Crippen LogP contribution in [0, 0.1) is 5.82 Å².